The molecule has 0 spiro atoms. The molecule has 2 N–H and O–H groups in total. The lowest BCUT2D eigenvalue weighted by atomic mass is 9.99. The number of hydrogen-bond acceptors (Lipinski definition) is 2. The first-order valence-corrected chi connectivity index (χ1v) is 6.27. The van der Waals surface area contributed by atoms with Crippen LogP contribution in [-0.4, -0.2) is 7.11 Å². The van der Waals surface area contributed by atoms with Crippen LogP contribution in [0.1, 0.15) is 18.9 Å². The highest BCUT2D eigenvalue weighted by atomic mass is 16.5. The molecule has 0 aliphatic carbocycles. The van der Waals surface area contributed by atoms with E-state index in [1.54, 1.807) is 7.11 Å². The van der Waals surface area contributed by atoms with Crippen molar-refractivity contribution in [2.75, 3.05) is 12.8 Å². The first kappa shape index (κ1) is 12.5. The fourth-order valence-corrected chi connectivity index (χ4v) is 2.07. The maximum atomic E-state index is 6.06. The van der Waals surface area contributed by atoms with Crippen LogP contribution in [-0.2, 0) is 6.42 Å². The Hall–Kier alpha value is -1.96. The molecule has 0 fully saturated rings. The largest absolute Gasteiger partial charge is 0.497 e. The minimum absolute atomic E-state index is 0.819. The molecular weight excluding hydrogens is 222 g/mol. The Morgan fingerprint density at radius 1 is 1.06 bits per heavy atom. The van der Waals surface area contributed by atoms with Gasteiger partial charge in [0.05, 0.1) is 7.11 Å². The number of rotatable bonds is 4. The molecule has 0 bridgehead atoms. The summed E-state index contributed by atoms with van der Waals surface area (Å²) in [5, 5.41) is 0. The quantitative estimate of drug-likeness (QED) is 0.824. The molecule has 0 saturated heterocycles. The Balaban J connectivity index is 2.38. The third kappa shape index (κ3) is 2.65. The topological polar surface area (TPSA) is 35.2 Å². The lowest BCUT2D eigenvalue weighted by Crippen LogP contribution is -1.93. The number of hydrogen-bond donors (Lipinski definition) is 1. The number of nitrogen functional groups attached to an aromatic ring is 1. The van der Waals surface area contributed by atoms with Gasteiger partial charge >= 0.3 is 0 Å². The van der Waals surface area contributed by atoms with Crippen molar-refractivity contribution in [1.82, 2.24) is 0 Å². The first-order valence-electron chi connectivity index (χ1n) is 6.27. The maximum absolute atomic E-state index is 6.06. The molecular formula is C16H19NO. The standard InChI is InChI=1S/C16H19NO/c1-3-4-12-5-10-16(17)15(11-12)13-6-8-14(18-2)9-7-13/h5-11H,3-4,17H2,1-2H3. The number of methoxy groups -OCH3 is 1. The van der Waals surface area contributed by atoms with E-state index in [1.165, 1.54) is 5.56 Å². The number of nitrogens with two attached hydrogens (primary N) is 1. The van der Waals surface area contributed by atoms with Crippen molar-refractivity contribution >= 4 is 5.69 Å². The summed E-state index contributed by atoms with van der Waals surface area (Å²) in [7, 11) is 1.67. The first-order chi connectivity index (χ1) is 8.74. The van der Waals surface area contributed by atoms with Crippen molar-refractivity contribution in [2.45, 2.75) is 19.8 Å². The van der Waals surface area contributed by atoms with Gasteiger partial charge in [-0.15, -0.1) is 0 Å². The van der Waals surface area contributed by atoms with Gasteiger partial charge in [-0.2, -0.15) is 0 Å². The zero-order valence-electron chi connectivity index (χ0n) is 10.9. The average molecular weight is 241 g/mol. The van der Waals surface area contributed by atoms with E-state index in [4.69, 9.17) is 10.5 Å². The molecule has 18 heavy (non-hydrogen) atoms. The predicted molar refractivity (Wildman–Crippen MR) is 76.8 cm³/mol. The van der Waals surface area contributed by atoms with Gasteiger partial charge < -0.3 is 10.5 Å². The summed E-state index contributed by atoms with van der Waals surface area (Å²) in [6, 6.07) is 14.3. The third-order valence-corrected chi connectivity index (χ3v) is 3.06. The lowest BCUT2D eigenvalue weighted by molar-refractivity contribution is 0.415. The lowest BCUT2D eigenvalue weighted by Gasteiger charge is -2.09. The van der Waals surface area contributed by atoms with E-state index >= 15 is 0 Å². The van der Waals surface area contributed by atoms with Gasteiger partial charge in [-0.05, 0) is 41.8 Å². The summed E-state index contributed by atoms with van der Waals surface area (Å²) in [5.74, 6) is 0.863. The van der Waals surface area contributed by atoms with Crippen molar-refractivity contribution in [3.63, 3.8) is 0 Å². The monoisotopic (exact) mass is 241 g/mol. The summed E-state index contributed by atoms with van der Waals surface area (Å²) >= 11 is 0. The Morgan fingerprint density at radius 3 is 2.39 bits per heavy atom. The molecule has 0 radical (unpaired) electrons. The molecule has 2 heteroatoms. The molecule has 2 nitrogen and oxygen atoms in total. The van der Waals surface area contributed by atoms with E-state index in [0.717, 1.165) is 35.4 Å². The van der Waals surface area contributed by atoms with Gasteiger partial charge in [0.25, 0.3) is 0 Å². The van der Waals surface area contributed by atoms with Crippen LogP contribution in [0.25, 0.3) is 11.1 Å². The molecule has 0 aromatic heterocycles. The fraction of sp³-hybridized carbons (Fsp3) is 0.250. The highest BCUT2D eigenvalue weighted by Crippen LogP contribution is 2.28. The molecule has 0 amide bonds. The predicted octanol–water partition coefficient (Wildman–Crippen LogP) is 3.90. The van der Waals surface area contributed by atoms with Gasteiger partial charge in [0.1, 0.15) is 5.75 Å². The molecule has 2 aromatic rings. The normalized spacial score (nSPS) is 10.3. The Kier molecular flexibility index (Phi) is 3.88. The van der Waals surface area contributed by atoms with Gasteiger partial charge in [0.15, 0.2) is 0 Å². The Bertz CT molecular complexity index is 517. The number of benzene rings is 2. The molecule has 0 aliphatic heterocycles. The summed E-state index contributed by atoms with van der Waals surface area (Å²) in [6.45, 7) is 2.18. The van der Waals surface area contributed by atoms with Crippen LogP contribution in [0.5, 0.6) is 5.75 Å². The van der Waals surface area contributed by atoms with Crippen LogP contribution >= 0.6 is 0 Å². The highest BCUT2D eigenvalue weighted by molar-refractivity contribution is 5.77. The zero-order chi connectivity index (χ0) is 13.0. The van der Waals surface area contributed by atoms with Crippen LogP contribution < -0.4 is 10.5 Å². The SMILES string of the molecule is CCCc1ccc(N)c(-c2ccc(OC)cc2)c1. The third-order valence-electron chi connectivity index (χ3n) is 3.06. The van der Waals surface area contributed by atoms with E-state index in [0.29, 0.717) is 0 Å². The second-order valence-electron chi connectivity index (χ2n) is 4.40. The van der Waals surface area contributed by atoms with E-state index in [9.17, 15) is 0 Å². The summed E-state index contributed by atoms with van der Waals surface area (Å²) < 4.78 is 5.17. The maximum Gasteiger partial charge on any atom is 0.118 e. The van der Waals surface area contributed by atoms with Gasteiger partial charge in [-0.3, -0.25) is 0 Å². The fourth-order valence-electron chi connectivity index (χ4n) is 2.07. The zero-order valence-corrected chi connectivity index (χ0v) is 10.9. The van der Waals surface area contributed by atoms with Crippen molar-refractivity contribution in [2.24, 2.45) is 0 Å². The van der Waals surface area contributed by atoms with E-state index in [2.05, 4.69) is 19.1 Å². The van der Waals surface area contributed by atoms with E-state index < -0.39 is 0 Å². The van der Waals surface area contributed by atoms with E-state index in [1.807, 2.05) is 30.3 Å². The van der Waals surface area contributed by atoms with Crippen molar-refractivity contribution in [3.05, 3.63) is 48.0 Å². The summed E-state index contributed by atoms with van der Waals surface area (Å²) in [6.07, 6.45) is 2.23. The molecule has 0 unspecified atom stereocenters. The van der Waals surface area contributed by atoms with Crippen molar-refractivity contribution in [1.29, 1.82) is 0 Å². The summed E-state index contributed by atoms with van der Waals surface area (Å²) in [5.41, 5.74) is 10.4. The van der Waals surface area contributed by atoms with E-state index in [-0.39, 0.29) is 0 Å². The van der Waals surface area contributed by atoms with Crippen LogP contribution in [0.4, 0.5) is 5.69 Å². The molecule has 0 heterocycles. The average Bonchev–Trinajstić information content (AvgIpc) is 2.41. The molecule has 94 valence electrons. The van der Waals surface area contributed by atoms with Crippen molar-refractivity contribution in [3.8, 4) is 16.9 Å². The molecule has 2 aromatic carbocycles. The number of anilines is 1. The Labute approximate surface area is 108 Å². The Morgan fingerprint density at radius 2 is 1.78 bits per heavy atom. The second kappa shape index (κ2) is 5.58. The van der Waals surface area contributed by atoms with Crippen LogP contribution in [0.2, 0.25) is 0 Å². The summed E-state index contributed by atoms with van der Waals surface area (Å²) in [4.78, 5) is 0. The number of ether oxygens (including phenoxy) is 1. The second-order valence-corrected chi connectivity index (χ2v) is 4.40. The van der Waals surface area contributed by atoms with Crippen molar-refractivity contribution < 1.29 is 4.74 Å². The molecule has 0 aliphatic rings. The molecule has 0 saturated carbocycles. The van der Waals surface area contributed by atoms with Crippen LogP contribution in [0.3, 0.4) is 0 Å². The van der Waals surface area contributed by atoms with Gasteiger partial charge in [0.2, 0.25) is 0 Å². The molecule has 0 atom stereocenters. The minimum Gasteiger partial charge on any atom is -0.497 e. The van der Waals surface area contributed by atoms with Crippen LogP contribution in [0.15, 0.2) is 42.5 Å². The van der Waals surface area contributed by atoms with Gasteiger partial charge in [-0.1, -0.05) is 31.5 Å². The van der Waals surface area contributed by atoms with Gasteiger partial charge in [0, 0.05) is 11.3 Å². The highest BCUT2D eigenvalue weighted by Gasteiger charge is 2.04. The molecule has 2 rings (SSSR count). The van der Waals surface area contributed by atoms with Gasteiger partial charge in [-0.25, -0.2) is 0 Å². The smallest absolute Gasteiger partial charge is 0.118 e. The number of aryl methyl sites for hydroxylation is 1. The minimum atomic E-state index is 0.819. The van der Waals surface area contributed by atoms with Crippen LogP contribution in [0, 0.1) is 0 Å².